The Morgan fingerprint density at radius 1 is 1.06 bits per heavy atom. The number of pyridine rings is 1. The zero-order valence-corrected chi connectivity index (χ0v) is 20.9. The number of likely N-dealkylation sites (tertiary alicyclic amines) is 1. The number of halogens is 1. The van der Waals surface area contributed by atoms with Gasteiger partial charge in [-0.2, -0.15) is 0 Å². The van der Waals surface area contributed by atoms with Gasteiger partial charge in [0.2, 0.25) is 11.8 Å². The first kappa shape index (κ1) is 22.6. The van der Waals surface area contributed by atoms with Crippen molar-refractivity contribution in [2.45, 2.75) is 57.5 Å². The molecule has 2 saturated heterocycles. The smallest absolute Gasteiger partial charge is 0.240 e. The Morgan fingerprint density at radius 2 is 1.71 bits per heavy atom. The van der Waals surface area contributed by atoms with Crippen molar-refractivity contribution in [3.63, 3.8) is 0 Å². The van der Waals surface area contributed by atoms with E-state index in [1.54, 1.807) is 0 Å². The van der Waals surface area contributed by atoms with E-state index in [9.17, 15) is 9.59 Å². The minimum absolute atomic E-state index is 0.0457. The number of fused-ring (bicyclic) bond motifs is 1. The summed E-state index contributed by atoms with van der Waals surface area (Å²) in [4.78, 5) is 35.4. The van der Waals surface area contributed by atoms with E-state index in [1.165, 1.54) is 6.42 Å². The first-order valence-corrected chi connectivity index (χ1v) is 13.3. The number of amides is 2. The van der Waals surface area contributed by atoms with Crippen molar-refractivity contribution >= 4 is 29.1 Å². The molecule has 6 fully saturated rings. The number of nitrogens with zero attached hydrogens (tertiary/aromatic N) is 3. The molecule has 0 radical (unpaired) electrons. The van der Waals surface area contributed by atoms with Crippen LogP contribution in [0.4, 0.5) is 5.69 Å². The third-order valence-corrected chi connectivity index (χ3v) is 10.2. The van der Waals surface area contributed by atoms with Crippen molar-refractivity contribution in [1.82, 2.24) is 15.2 Å². The van der Waals surface area contributed by atoms with Gasteiger partial charge in [0.1, 0.15) is 5.15 Å². The van der Waals surface area contributed by atoms with Gasteiger partial charge in [-0.3, -0.25) is 14.5 Å². The molecule has 0 spiro atoms. The fourth-order valence-electron chi connectivity index (χ4n) is 8.33. The summed E-state index contributed by atoms with van der Waals surface area (Å²) in [5.74, 6) is 2.48. The number of hydrogen-bond acceptors (Lipinski definition) is 5. The number of primary amides is 1. The number of rotatable bonds is 5. The number of hydrogen-bond donors (Lipinski definition) is 2. The van der Waals surface area contributed by atoms with Crippen LogP contribution in [0.25, 0.3) is 0 Å². The van der Waals surface area contributed by atoms with Gasteiger partial charge in [-0.25, -0.2) is 4.98 Å². The topological polar surface area (TPSA) is 91.6 Å². The Labute approximate surface area is 206 Å². The van der Waals surface area contributed by atoms with Crippen molar-refractivity contribution in [2.24, 2.45) is 40.7 Å². The molecule has 7 nitrogen and oxygen atoms in total. The lowest BCUT2D eigenvalue weighted by Gasteiger charge is -2.60. The van der Waals surface area contributed by atoms with Gasteiger partial charge >= 0.3 is 0 Å². The number of anilines is 1. The Balaban J connectivity index is 1.13. The SMILES string of the molecule is CC(C)(C(=O)NC1C2CC3CC(C2)CC1(C(N)=O)C3)N1CC2CN(c3ccc(Cl)nc3)CC2C1. The molecule has 8 heteroatoms. The molecule has 7 rings (SSSR count). The van der Waals surface area contributed by atoms with Gasteiger partial charge in [-0.05, 0) is 87.7 Å². The van der Waals surface area contributed by atoms with Crippen LogP contribution in [0, 0.1) is 35.0 Å². The number of aromatic nitrogens is 1. The molecule has 4 aliphatic carbocycles. The maximum absolute atomic E-state index is 13.7. The lowest BCUT2D eigenvalue weighted by molar-refractivity contribution is -0.153. The maximum Gasteiger partial charge on any atom is 0.240 e. The lowest BCUT2D eigenvalue weighted by Crippen LogP contribution is -2.68. The molecular weight excluding hydrogens is 450 g/mol. The second-order valence-electron chi connectivity index (χ2n) is 12.3. The van der Waals surface area contributed by atoms with Crippen molar-refractivity contribution < 1.29 is 9.59 Å². The van der Waals surface area contributed by atoms with Crippen LogP contribution in [0.15, 0.2) is 18.3 Å². The summed E-state index contributed by atoms with van der Waals surface area (Å²) in [6.07, 6.45) is 7.03. The zero-order chi connectivity index (χ0) is 23.8. The van der Waals surface area contributed by atoms with E-state index in [0.29, 0.717) is 34.7 Å². The van der Waals surface area contributed by atoms with Crippen LogP contribution >= 0.6 is 11.6 Å². The van der Waals surface area contributed by atoms with Crippen LogP contribution in [-0.4, -0.2) is 59.5 Å². The summed E-state index contributed by atoms with van der Waals surface area (Å²) >= 11 is 5.95. The zero-order valence-electron chi connectivity index (χ0n) is 20.2. The predicted molar refractivity (Wildman–Crippen MR) is 131 cm³/mol. The first-order chi connectivity index (χ1) is 16.2. The molecule has 3 N–H and O–H groups in total. The molecule has 184 valence electrons. The molecule has 6 aliphatic rings. The molecule has 1 aromatic rings. The summed E-state index contributed by atoms with van der Waals surface area (Å²) in [6.45, 7) is 7.83. The molecule has 4 bridgehead atoms. The molecular formula is C26H36ClN5O2. The molecule has 5 unspecified atom stereocenters. The van der Waals surface area contributed by atoms with Gasteiger partial charge in [0.25, 0.3) is 0 Å². The Kier molecular flexibility index (Phi) is 5.20. The van der Waals surface area contributed by atoms with E-state index in [-0.39, 0.29) is 17.9 Å². The third-order valence-electron chi connectivity index (χ3n) is 10.00. The van der Waals surface area contributed by atoms with Gasteiger partial charge in [0.15, 0.2) is 0 Å². The third kappa shape index (κ3) is 3.45. The Bertz CT molecular complexity index is 969. The lowest BCUT2D eigenvalue weighted by atomic mass is 9.47. The first-order valence-electron chi connectivity index (χ1n) is 12.9. The number of carbonyl (C=O) groups is 2. The highest BCUT2D eigenvalue weighted by molar-refractivity contribution is 6.29. The number of nitrogens with two attached hydrogens (primary N) is 1. The van der Waals surface area contributed by atoms with Crippen LogP contribution in [0.5, 0.6) is 0 Å². The van der Waals surface area contributed by atoms with Crippen molar-refractivity contribution in [3.8, 4) is 0 Å². The van der Waals surface area contributed by atoms with E-state index in [4.69, 9.17) is 17.3 Å². The van der Waals surface area contributed by atoms with Gasteiger partial charge in [0.05, 0.1) is 22.8 Å². The van der Waals surface area contributed by atoms with E-state index < -0.39 is 11.0 Å². The van der Waals surface area contributed by atoms with E-state index in [1.807, 2.05) is 32.2 Å². The molecule has 4 saturated carbocycles. The molecule has 2 aliphatic heterocycles. The molecule has 0 aromatic carbocycles. The summed E-state index contributed by atoms with van der Waals surface area (Å²) < 4.78 is 0. The average Bonchev–Trinajstić information content (AvgIpc) is 3.36. The van der Waals surface area contributed by atoms with E-state index >= 15 is 0 Å². The van der Waals surface area contributed by atoms with Gasteiger partial charge in [-0.1, -0.05) is 11.6 Å². The summed E-state index contributed by atoms with van der Waals surface area (Å²) in [5.41, 5.74) is 5.95. The fourth-order valence-corrected chi connectivity index (χ4v) is 8.44. The number of nitrogens with one attached hydrogen (secondary N) is 1. The molecule has 5 atom stereocenters. The van der Waals surface area contributed by atoms with Gasteiger partial charge in [0, 0.05) is 32.2 Å². The van der Waals surface area contributed by atoms with E-state index in [2.05, 4.69) is 20.1 Å². The van der Waals surface area contributed by atoms with Crippen LogP contribution in [0.3, 0.4) is 0 Å². The normalized spacial score (nSPS) is 38.9. The molecule has 34 heavy (non-hydrogen) atoms. The summed E-state index contributed by atoms with van der Waals surface area (Å²) in [7, 11) is 0. The highest BCUT2D eigenvalue weighted by atomic mass is 35.5. The standard InChI is InChI=1S/C26H36ClN5O2/c1-25(2,32-13-18-11-31(12-19(18)14-32)20-3-4-21(27)29-10-20)24(34)30-22-17-6-15-5-16(7-17)9-26(22,8-15)23(28)33/h3-4,10,15-19,22H,5-9,11-14H2,1-2H3,(H2,28,33)(H,30,34). The van der Waals surface area contributed by atoms with Crippen molar-refractivity contribution in [1.29, 1.82) is 0 Å². The monoisotopic (exact) mass is 485 g/mol. The van der Waals surface area contributed by atoms with Crippen LogP contribution in [0.2, 0.25) is 5.15 Å². The number of carbonyl (C=O) groups excluding carboxylic acids is 2. The van der Waals surface area contributed by atoms with Crippen LogP contribution in [0.1, 0.15) is 46.0 Å². The quantitative estimate of drug-likeness (QED) is 0.625. The fraction of sp³-hybridized carbons (Fsp3) is 0.731. The van der Waals surface area contributed by atoms with E-state index in [0.717, 1.165) is 57.5 Å². The van der Waals surface area contributed by atoms with Crippen LogP contribution < -0.4 is 16.0 Å². The second kappa shape index (κ2) is 7.82. The molecule has 2 amide bonds. The minimum Gasteiger partial charge on any atom is -0.370 e. The molecule has 1 aromatic heterocycles. The summed E-state index contributed by atoms with van der Waals surface area (Å²) in [5, 5.41) is 3.91. The Hall–Kier alpha value is -1.86. The van der Waals surface area contributed by atoms with Crippen molar-refractivity contribution in [3.05, 3.63) is 23.5 Å². The summed E-state index contributed by atoms with van der Waals surface area (Å²) in [6, 6.07) is 3.76. The second-order valence-corrected chi connectivity index (χ2v) is 12.7. The molecule has 3 heterocycles. The predicted octanol–water partition coefficient (Wildman–Crippen LogP) is 2.68. The largest absolute Gasteiger partial charge is 0.370 e. The minimum atomic E-state index is -0.621. The Morgan fingerprint density at radius 3 is 2.26 bits per heavy atom. The highest BCUT2D eigenvalue weighted by Crippen LogP contribution is 2.60. The van der Waals surface area contributed by atoms with Gasteiger partial charge in [-0.15, -0.1) is 0 Å². The maximum atomic E-state index is 13.7. The van der Waals surface area contributed by atoms with Crippen molar-refractivity contribution in [2.75, 3.05) is 31.1 Å². The average molecular weight is 486 g/mol. The van der Waals surface area contributed by atoms with Crippen LogP contribution in [-0.2, 0) is 9.59 Å². The van der Waals surface area contributed by atoms with Gasteiger partial charge < -0.3 is 16.0 Å². The highest BCUT2D eigenvalue weighted by Gasteiger charge is 2.61.